The number of benzene rings is 2. The van der Waals surface area contributed by atoms with Gasteiger partial charge in [-0.05, 0) is 51.8 Å². The van der Waals surface area contributed by atoms with Gasteiger partial charge in [0.15, 0.2) is 0 Å². The summed E-state index contributed by atoms with van der Waals surface area (Å²) in [5.41, 5.74) is 3.34. The maximum absolute atomic E-state index is 5.94. The molecule has 0 amide bonds. The molecule has 5 heteroatoms. The van der Waals surface area contributed by atoms with Crippen LogP contribution in [0.5, 0.6) is 0 Å². The molecule has 0 aliphatic carbocycles. The zero-order valence-corrected chi connectivity index (χ0v) is 13.5. The summed E-state index contributed by atoms with van der Waals surface area (Å²) in [6.45, 7) is 0.754. The number of halogens is 2. The quantitative estimate of drug-likeness (QED) is 0.715. The van der Waals surface area contributed by atoms with E-state index in [2.05, 4.69) is 50.5 Å². The van der Waals surface area contributed by atoms with Crippen LogP contribution in [0.2, 0.25) is 5.02 Å². The highest BCUT2D eigenvalue weighted by molar-refractivity contribution is 9.10. The standard InChI is InChI=1S/C16H13BrClN3/c17-15-9-13(18)3-6-16(15)20-10-12-1-4-14(5-2-12)21-8-7-19-11-21/h1-9,11,20H,10H2. The van der Waals surface area contributed by atoms with Crippen LogP contribution in [-0.2, 0) is 6.54 Å². The fourth-order valence-corrected chi connectivity index (χ4v) is 2.85. The van der Waals surface area contributed by atoms with E-state index in [4.69, 9.17) is 11.6 Å². The molecular formula is C16H13BrClN3. The van der Waals surface area contributed by atoms with Crippen molar-refractivity contribution in [1.29, 1.82) is 0 Å². The molecule has 3 rings (SSSR count). The Bertz CT molecular complexity index is 724. The van der Waals surface area contributed by atoms with Crippen molar-refractivity contribution in [3.8, 4) is 5.69 Å². The molecule has 106 valence electrons. The Morgan fingerprint density at radius 1 is 1.14 bits per heavy atom. The third-order valence-corrected chi connectivity index (χ3v) is 4.04. The normalized spacial score (nSPS) is 10.6. The van der Waals surface area contributed by atoms with Crippen molar-refractivity contribution in [3.05, 3.63) is 76.2 Å². The highest BCUT2D eigenvalue weighted by Crippen LogP contribution is 2.26. The first-order valence-electron chi connectivity index (χ1n) is 6.48. The van der Waals surface area contributed by atoms with Gasteiger partial charge in [-0.3, -0.25) is 0 Å². The van der Waals surface area contributed by atoms with Crippen LogP contribution in [0.15, 0.2) is 65.7 Å². The molecule has 2 aromatic carbocycles. The number of nitrogens with zero attached hydrogens (tertiary/aromatic N) is 2. The lowest BCUT2D eigenvalue weighted by Crippen LogP contribution is -2.00. The number of anilines is 1. The summed E-state index contributed by atoms with van der Waals surface area (Å²) in [4.78, 5) is 4.05. The molecule has 0 radical (unpaired) electrons. The molecule has 0 fully saturated rings. The summed E-state index contributed by atoms with van der Waals surface area (Å²) >= 11 is 9.44. The second kappa shape index (κ2) is 6.33. The molecule has 0 aliphatic heterocycles. The van der Waals surface area contributed by atoms with Crippen LogP contribution >= 0.6 is 27.5 Å². The van der Waals surface area contributed by atoms with Crippen molar-refractivity contribution in [2.45, 2.75) is 6.54 Å². The first-order chi connectivity index (χ1) is 10.2. The van der Waals surface area contributed by atoms with Gasteiger partial charge in [-0.2, -0.15) is 0 Å². The topological polar surface area (TPSA) is 29.9 Å². The second-order valence-corrected chi connectivity index (χ2v) is 5.90. The largest absolute Gasteiger partial charge is 0.380 e. The molecule has 3 aromatic rings. The fraction of sp³-hybridized carbons (Fsp3) is 0.0625. The Morgan fingerprint density at radius 2 is 1.95 bits per heavy atom. The van der Waals surface area contributed by atoms with Crippen LogP contribution < -0.4 is 5.32 Å². The lowest BCUT2D eigenvalue weighted by molar-refractivity contribution is 1.05. The van der Waals surface area contributed by atoms with Crippen LogP contribution in [0.1, 0.15) is 5.56 Å². The van der Waals surface area contributed by atoms with E-state index in [9.17, 15) is 0 Å². The summed E-state index contributed by atoms with van der Waals surface area (Å²) in [6.07, 6.45) is 5.49. The van der Waals surface area contributed by atoms with Gasteiger partial charge >= 0.3 is 0 Å². The number of aromatic nitrogens is 2. The van der Waals surface area contributed by atoms with Crippen LogP contribution in [0.4, 0.5) is 5.69 Å². The second-order valence-electron chi connectivity index (χ2n) is 4.61. The van der Waals surface area contributed by atoms with Crippen molar-refractivity contribution in [3.63, 3.8) is 0 Å². The summed E-state index contributed by atoms with van der Waals surface area (Å²) in [6, 6.07) is 14.1. The molecule has 0 spiro atoms. The number of imidazole rings is 1. The van der Waals surface area contributed by atoms with E-state index in [0.29, 0.717) is 0 Å². The minimum Gasteiger partial charge on any atom is -0.380 e. The SMILES string of the molecule is Clc1ccc(NCc2ccc(-n3ccnc3)cc2)c(Br)c1. The zero-order chi connectivity index (χ0) is 14.7. The third kappa shape index (κ3) is 3.46. The average molecular weight is 363 g/mol. The third-order valence-electron chi connectivity index (χ3n) is 3.15. The van der Waals surface area contributed by atoms with Gasteiger partial charge in [-0.15, -0.1) is 0 Å². The Labute approximate surface area is 136 Å². The van der Waals surface area contributed by atoms with E-state index in [1.807, 2.05) is 29.0 Å². The molecule has 0 saturated carbocycles. The minimum atomic E-state index is 0.720. The van der Waals surface area contributed by atoms with E-state index < -0.39 is 0 Å². The first-order valence-corrected chi connectivity index (χ1v) is 7.66. The van der Waals surface area contributed by atoms with Gasteiger partial charge in [-0.25, -0.2) is 4.98 Å². The molecule has 1 aromatic heterocycles. The van der Waals surface area contributed by atoms with Gasteiger partial charge in [0.1, 0.15) is 0 Å². The number of hydrogen-bond donors (Lipinski definition) is 1. The predicted octanol–water partition coefficient (Wildman–Crippen LogP) is 4.90. The van der Waals surface area contributed by atoms with Gasteiger partial charge in [0.25, 0.3) is 0 Å². The van der Waals surface area contributed by atoms with E-state index in [1.54, 1.807) is 12.5 Å². The summed E-state index contributed by atoms with van der Waals surface area (Å²) in [5, 5.41) is 4.11. The lowest BCUT2D eigenvalue weighted by atomic mass is 10.2. The van der Waals surface area contributed by atoms with Crippen molar-refractivity contribution < 1.29 is 0 Å². The summed E-state index contributed by atoms with van der Waals surface area (Å²) in [7, 11) is 0. The minimum absolute atomic E-state index is 0.720. The van der Waals surface area contributed by atoms with Crippen molar-refractivity contribution >= 4 is 33.2 Å². The van der Waals surface area contributed by atoms with Gasteiger partial charge in [0.2, 0.25) is 0 Å². The maximum Gasteiger partial charge on any atom is 0.0991 e. The molecule has 0 atom stereocenters. The molecule has 21 heavy (non-hydrogen) atoms. The van der Waals surface area contributed by atoms with Gasteiger partial charge in [-0.1, -0.05) is 23.7 Å². The lowest BCUT2D eigenvalue weighted by Gasteiger charge is -2.10. The number of rotatable bonds is 4. The van der Waals surface area contributed by atoms with Crippen LogP contribution in [0, 0.1) is 0 Å². The monoisotopic (exact) mass is 361 g/mol. The Morgan fingerprint density at radius 3 is 2.62 bits per heavy atom. The highest BCUT2D eigenvalue weighted by atomic mass is 79.9. The van der Waals surface area contributed by atoms with Gasteiger partial charge < -0.3 is 9.88 Å². The summed E-state index contributed by atoms with van der Waals surface area (Å²) in [5.74, 6) is 0. The van der Waals surface area contributed by atoms with Gasteiger partial charge in [0.05, 0.1) is 6.33 Å². The fourth-order valence-electron chi connectivity index (χ4n) is 2.03. The molecule has 0 saturated heterocycles. The Balaban J connectivity index is 1.68. The molecule has 0 aliphatic rings. The molecule has 1 N–H and O–H groups in total. The van der Waals surface area contributed by atoms with Crippen LogP contribution in [0.25, 0.3) is 5.69 Å². The number of hydrogen-bond acceptors (Lipinski definition) is 2. The predicted molar refractivity (Wildman–Crippen MR) is 90.0 cm³/mol. The number of nitrogens with one attached hydrogen (secondary N) is 1. The first kappa shape index (κ1) is 14.2. The van der Waals surface area contributed by atoms with E-state index >= 15 is 0 Å². The molecule has 3 nitrogen and oxygen atoms in total. The zero-order valence-electron chi connectivity index (χ0n) is 11.1. The van der Waals surface area contributed by atoms with Gasteiger partial charge in [0, 0.05) is 39.8 Å². The van der Waals surface area contributed by atoms with Crippen LogP contribution in [0.3, 0.4) is 0 Å². The summed E-state index contributed by atoms with van der Waals surface area (Å²) < 4.78 is 2.94. The molecular weight excluding hydrogens is 350 g/mol. The van der Waals surface area contributed by atoms with Crippen molar-refractivity contribution in [2.75, 3.05) is 5.32 Å². The van der Waals surface area contributed by atoms with E-state index in [0.717, 1.165) is 27.4 Å². The molecule has 0 bridgehead atoms. The molecule has 0 unspecified atom stereocenters. The average Bonchev–Trinajstić information content (AvgIpc) is 3.01. The smallest absolute Gasteiger partial charge is 0.0991 e. The van der Waals surface area contributed by atoms with Crippen molar-refractivity contribution in [2.24, 2.45) is 0 Å². The maximum atomic E-state index is 5.94. The van der Waals surface area contributed by atoms with E-state index in [1.165, 1.54) is 5.56 Å². The van der Waals surface area contributed by atoms with Crippen LogP contribution in [-0.4, -0.2) is 9.55 Å². The highest BCUT2D eigenvalue weighted by Gasteiger charge is 2.01. The Hall–Kier alpha value is -1.78. The Kier molecular flexibility index (Phi) is 4.27. The van der Waals surface area contributed by atoms with Crippen molar-refractivity contribution in [1.82, 2.24) is 9.55 Å². The van der Waals surface area contributed by atoms with E-state index in [-0.39, 0.29) is 0 Å². The molecule has 1 heterocycles.